The number of nitrogens with one attached hydrogen (secondary N) is 2. The molecule has 1 saturated carbocycles. The average Bonchev–Trinajstić information content (AvgIpc) is 3.42. The van der Waals surface area contributed by atoms with E-state index in [0.29, 0.717) is 43.3 Å². The number of anilines is 1. The molecule has 1 aliphatic carbocycles. The van der Waals surface area contributed by atoms with Gasteiger partial charge in [0.2, 0.25) is 5.91 Å². The Morgan fingerprint density at radius 3 is 2.37 bits per heavy atom. The number of urea groups is 1. The minimum absolute atomic E-state index is 0.0644. The lowest BCUT2D eigenvalue weighted by molar-refractivity contribution is -0.125. The third kappa shape index (κ3) is 5.63. The van der Waals surface area contributed by atoms with E-state index in [9.17, 15) is 9.59 Å². The Morgan fingerprint density at radius 1 is 1.03 bits per heavy atom. The molecule has 1 heterocycles. The summed E-state index contributed by atoms with van der Waals surface area (Å²) in [6.45, 7) is 3.38. The molecule has 0 bridgehead atoms. The topological polar surface area (TPSA) is 89.1 Å². The number of amides is 3. The fourth-order valence-corrected chi connectivity index (χ4v) is 5.02. The Morgan fingerprint density at radius 2 is 1.71 bits per heavy atom. The van der Waals surface area contributed by atoms with Crippen LogP contribution in [0, 0.1) is 5.92 Å². The van der Waals surface area contributed by atoms with Crippen molar-refractivity contribution in [2.24, 2.45) is 5.92 Å². The summed E-state index contributed by atoms with van der Waals surface area (Å²) in [7, 11) is 3.21. The molecule has 2 aliphatic rings. The lowest BCUT2D eigenvalue weighted by Crippen LogP contribution is -2.47. The van der Waals surface area contributed by atoms with Gasteiger partial charge in [-0.25, -0.2) is 4.79 Å². The van der Waals surface area contributed by atoms with E-state index >= 15 is 0 Å². The highest BCUT2D eigenvalue weighted by molar-refractivity contribution is 5.90. The molecule has 4 rings (SSSR count). The van der Waals surface area contributed by atoms with Crippen molar-refractivity contribution in [3.05, 3.63) is 47.5 Å². The first kappa shape index (κ1) is 24.7. The number of benzene rings is 2. The Balaban J connectivity index is 1.56. The van der Waals surface area contributed by atoms with Crippen LogP contribution in [-0.2, 0) is 11.2 Å². The van der Waals surface area contributed by atoms with Crippen molar-refractivity contribution in [2.45, 2.75) is 45.1 Å². The molecule has 0 spiro atoms. The van der Waals surface area contributed by atoms with Gasteiger partial charge in [-0.05, 0) is 73.7 Å². The van der Waals surface area contributed by atoms with Crippen LogP contribution in [0.25, 0.3) is 0 Å². The van der Waals surface area contributed by atoms with Crippen molar-refractivity contribution in [3.8, 4) is 17.2 Å². The summed E-state index contributed by atoms with van der Waals surface area (Å²) < 4.78 is 16.5. The van der Waals surface area contributed by atoms with Gasteiger partial charge in [-0.3, -0.25) is 4.79 Å². The van der Waals surface area contributed by atoms with E-state index in [2.05, 4.69) is 10.6 Å². The summed E-state index contributed by atoms with van der Waals surface area (Å²) >= 11 is 0. The summed E-state index contributed by atoms with van der Waals surface area (Å²) in [6.07, 6.45) is 4.73. The molecule has 2 N–H and O–H groups in total. The first-order valence-corrected chi connectivity index (χ1v) is 12.4. The van der Waals surface area contributed by atoms with Gasteiger partial charge in [0.1, 0.15) is 5.75 Å². The number of methoxy groups -OCH3 is 2. The maximum atomic E-state index is 13.4. The van der Waals surface area contributed by atoms with Gasteiger partial charge in [-0.15, -0.1) is 0 Å². The van der Waals surface area contributed by atoms with E-state index in [1.165, 1.54) is 0 Å². The van der Waals surface area contributed by atoms with Gasteiger partial charge >= 0.3 is 6.03 Å². The molecule has 0 saturated heterocycles. The Kier molecular flexibility index (Phi) is 8.00. The minimum Gasteiger partial charge on any atom is -0.494 e. The molecule has 0 unspecified atom stereocenters. The maximum absolute atomic E-state index is 13.4. The monoisotopic (exact) mass is 481 g/mol. The second-order valence-electron chi connectivity index (χ2n) is 8.98. The van der Waals surface area contributed by atoms with Crippen molar-refractivity contribution in [1.29, 1.82) is 0 Å². The molecule has 35 heavy (non-hydrogen) atoms. The Hall–Kier alpha value is -3.42. The Labute approximate surface area is 206 Å². The molecule has 1 atom stereocenters. The number of hydrogen-bond acceptors (Lipinski definition) is 5. The van der Waals surface area contributed by atoms with E-state index in [-0.39, 0.29) is 23.9 Å². The molecule has 8 nitrogen and oxygen atoms in total. The number of fused-ring (bicyclic) bond motifs is 1. The van der Waals surface area contributed by atoms with Crippen LogP contribution in [-0.4, -0.2) is 50.8 Å². The largest absolute Gasteiger partial charge is 0.494 e. The van der Waals surface area contributed by atoms with E-state index in [0.717, 1.165) is 42.6 Å². The molecule has 1 fully saturated rings. The van der Waals surface area contributed by atoms with Crippen LogP contribution in [0.1, 0.15) is 49.8 Å². The lowest BCUT2D eigenvalue weighted by Gasteiger charge is -2.38. The summed E-state index contributed by atoms with van der Waals surface area (Å²) in [5.74, 6) is 2.15. The number of hydrogen-bond donors (Lipinski definition) is 2. The second kappa shape index (κ2) is 11.3. The molecule has 0 aromatic heterocycles. The van der Waals surface area contributed by atoms with Crippen LogP contribution in [0.4, 0.5) is 10.5 Å². The number of ether oxygens (including phenoxy) is 3. The molecular weight excluding hydrogens is 446 g/mol. The highest BCUT2D eigenvalue weighted by Gasteiger charge is 2.33. The van der Waals surface area contributed by atoms with Gasteiger partial charge in [-0.2, -0.15) is 0 Å². The number of nitrogens with zero attached hydrogens (tertiary/aromatic N) is 1. The van der Waals surface area contributed by atoms with Crippen LogP contribution in [0.2, 0.25) is 0 Å². The molecule has 1 aliphatic heterocycles. The maximum Gasteiger partial charge on any atom is 0.322 e. The van der Waals surface area contributed by atoms with E-state index in [4.69, 9.17) is 14.2 Å². The van der Waals surface area contributed by atoms with Gasteiger partial charge in [0.15, 0.2) is 11.5 Å². The zero-order valence-electron chi connectivity index (χ0n) is 20.8. The van der Waals surface area contributed by atoms with Crippen molar-refractivity contribution in [3.63, 3.8) is 0 Å². The molecule has 3 amide bonds. The number of carbonyl (C=O) groups excluding carboxylic acids is 2. The Bertz CT molecular complexity index is 1030. The SMILES string of the molecule is CCOc1ccc(NC(=O)N2CCc3cc(OC)c(OC)cc3[C@H]2CNC(=O)C2CCCC2)cc1. The fourth-order valence-electron chi connectivity index (χ4n) is 5.02. The summed E-state index contributed by atoms with van der Waals surface area (Å²) in [4.78, 5) is 28.0. The second-order valence-corrected chi connectivity index (χ2v) is 8.98. The van der Waals surface area contributed by atoms with E-state index < -0.39 is 0 Å². The summed E-state index contributed by atoms with van der Waals surface area (Å²) in [5, 5.41) is 6.12. The third-order valence-corrected chi connectivity index (χ3v) is 6.88. The van der Waals surface area contributed by atoms with Crippen LogP contribution in [0.15, 0.2) is 36.4 Å². The predicted molar refractivity (Wildman–Crippen MR) is 134 cm³/mol. The van der Waals surface area contributed by atoms with Gasteiger partial charge in [-0.1, -0.05) is 12.8 Å². The lowest BCUT2D eigenvalue weighted by atomic mass is 9.91. The highest BCUT2D eigenvalue weighted by Crippen LogP contribution is 2.38. The van der Waals surface area contributed by atoms with Crippen molar-refractivity contribution >= 4 is 17.6 Å². The molecule has 188 valence electrons. The molecule has 2 aromatic rings. The normalized spacial score (nSPS) is 17.5. The van der Waals surface area contributed by atoms with E-state index in [1.807, 2.05) is 43.3 Å². The van der Waals surface area contributed by atoms with Crippen molar-refractivity contribution in [2.75, 3.05) is 39.2 Å². The fraction of sp³-hybridized carbons (Fsp3) is 0.481. The molecule has 8 heteroatoms. The first-order chi connectivity index (χ1) is 17.0. The van der Waals surface area contributed by atoms with Crippen LogP contribution >= 0.6 is 0 Å². The third-order valence-electron chi connectivity index (χ3n) is 6.88. The summed E-state index contributed by atoms with van der Waals surface area (Å²) in [5.41, 5.74) is 2.74. The van der Waals surface area contributed by atoms with Crippen LogP contribution in [0.3, 0.4) is 0 Å². The summed E-state index contributed by atoms with van der Waals surface area (Å²) in [6, 6.07) is 10.7. The van der Waals surface area contributed by atoms with E-state index in [1.54, 1.807) is 19.1 Å². The van der Waals surface area contributed by atoms with Crippen molar-refractivity contribution in [1.82, 2.24) is 10.2 Å². The first-order valence-electron chi connectivity index (χ1n) is 12.4. The zero-order chi connectivity index (χ0) is 24.8. The predicted octanol–water partition coefficient (Wildman–Crippen LogP) is 4.54. The number of rotatable bonds is 8. The quantitative estimate of drug-likeness (QED) is 0.578. The number of carbonyl (C=O) groups is 2. The molecule has 2 aromatic carbocycles. The van der Waals surface area contributed by atoms with Crippen molar-refractivity contribution < 1.29 is 23.8 Å². The van der Waals surface area contributed by atoms with Gasteiger partial charge in [0.05, 0.1) is 26.9 Å². The highest BCUT2D eigenvalue weighted by atomic mass is 16.5. The van der Waals surface area contributed by atoms with Gasteiger partial charge in [0, 0.05) is 24.7 Å². The smallest absolute Gasteiger partial charge is 0.322 e. The standard InChI is InChI=1S/C27H35N3O5/c1-4-35-21-11-9-20(10-12-21)29-27(32)30-14-13-19-15-24(33-2)25(34-3)16-22(19)23(30)17-28-26(31)18-7-5-6-8-18/h9-12,15-16,18,23H,4-8,13-14,17H2,1-3H3,(H,28,31)(H,29,32)/t23-/m1/s1. The van der Waals surface area contributed by atoms with Crippen LogP contribution < -0.4 is 24.8 Å². The molecular formula is C27H35N3O5. The zero-order valence-corrected chi connectivity index (χ0v) is 20.8. The molecule has 0 radical (unpaired) electrons. The van der Waals surface area contributed by atoms with Crippen LogP contribution in [0.5, 0.6) is 17.2 Å². The van der Waals surface area contributed by atoms with Gasteiger partial charge < -0.3 is 29.7 Å². The van der Waals surface area contributed by atoms with Gasteiger partial charge in [0.25, 0.3) is 0 Å². The minimum atomic E-state index is -0.327. The average molecular weight is 482 g/mol.